The summed E-state index contributed by atoms with van der Waals surface area (Å²) in [5.41, 5.74) is -0.292. The first-order valence-electron chi connectivity index (χ1n) is 5.14. The SMILES string of the molecule is CC.CC.Cc1ccccc1C(F)(F)F. The fourth-order valence-corrected chi connectivity index (χ4v) is 0.891. The standard InChI is InChI=1S/C8H7F3.2C2H6/c1-6-4-2-3-5-7(6)8(9,10)11;2*1-2/h2-5H,1H3;2*1-2H3. The maximum absolute atomic E-state index is 12.0. The summed E-state index contributed by atoms with van der Waals surface area (Å²) in [6, 6.07) is 5.50. The average Bonchev–Trinajstić information content (AvgIpc) is 2.23. The van der Waals surface area contributed by atoms with Crippen LogP contribution in [-0.2, 0) is 6.18 Å². The van der Waals surface area contributed by atoms with Gasteiger partial charge in [0.25, 0.3) is 0 Å². The number of hydrogen-bond acceptors (Lipinski definition) is 0. The van der Waals surface area contributed by atoms with Crippen molar-refractivity contribution in [3.05, 3.63) is 35.4 Å². The van der Waals surface area contributed by atoms with Crippen LogP contribution in [0.2, 0.25) is 0 Å². The summed E-state index contributed by atoms with van der Waals surface area (Å²) >= 11 is 0. The highest BCUT2D eigenvalue weighted by Gasteiger charge is 2.31. The van der Waals surface area contributed by atoms with E-state index in [9.17, 15) is 13.2 Å². The lowest BCUT2D eigenvalue weighted by atomic mass is 10.1. The molecule has 15 heavy (non-hydrogen) atoms. The molecule has 1 aromatic rings. The van der Waals surface area contributed by atoms with Crippen molar-refractivity contribution >= 4 is 0 Å². The third-order valence-electron chi connectivity index (χ3n) is 1.45. The molecule has 0 N–H and O–H groups in total. The Hall–Kier alpha value is -0.990. The maximum atomic E-state index is 12.0. The molecule has 1 aromatic carbocycles. The molecule has 0 aliphatic carbocycles. The second-order valence-corrected chi connectivity index (χ2v) is 2.31. The first-order chi connectivity index (χ1) is 7.02. The average molecular weight is 220 g/mol. The molecule has 0 radical (unpaired) electrons. The van der Waals surface area contributed by atoms with Crippen LogP contribution < -0.4 is 0 Å². The van der Waals surface area contributed by atoms with Crippen molar-refractivity contribution in [1.29, 1.82) is 0 Å². The monoisotopic (exact) mass is 220 g/mol. The van der Waals surface area contributed by atoms with E-state index in [2.05, 4.69) is 0 Å². The van der Waals surface area contributed by atoms with Crippen molar-refractivity contribution in [3.8, 4) is 0 Å². The van der Waals surface area contributed by atoms with Gasteiger partial charge in [-0.3, -0.25) is 0 Å². The zero-order valence-electron chi connectivity index (χ0n) is 9.94. The van der Waals surface area contributed by atoms with Gasteiger partial charge in [0.05, 0.1) is 5.56 Å². The topological polar surface area (TPSA) is 0 Å². The summed E-state index contributed by atoms with van der Waals surface area (Å²) in [5, 5.41) is 0. The predicted molar refractivity (Wildman–Crippen MR) is 58.9 cm³/mol. The van der Waals surface area contributed by atoms with Gasteiger partial charge in [0.2, 0.25) is 0 Å². The number of benzene rings is 1. The summed E-state index contributed by atoms with van der Waals surface area (Å²) in [5.74, 6) is 0. The smallest absolute Gasteiger partial charge is 0.166 e. The van der Waals surface area contributed by atoms with Gasteiger partial charge in [-0.1, -0.05) is 45.9 Å². The Balaban J connectivity index is 0. The molecule has 0 amide bonds. The molecule has 0 unspecified atom stereocenters. The van der Waals surface area contributed by atoms with E-state index in [1.807, 2.05) is 27.7 Å². The Morgan fingerprint density at radius 3 is 1.53 bits per heavy atom. The van der Waals surface area contributed by atoms with Gasteiger partial charge in [-0.05, 0) is 18.6 Å². The Labute approximate surface area is 90.1 Å². The second kappa shape index (κ2) is 8.33. The van der Waals surface area contributed by atoms with Gasteiger partial charge in [0, 0.05) is 0 Å². The Morgan fingerprint density at radius 2 is 1.27 bits per heavy atom. The molecule has 88 valence electrons. The Bertz CT molecular complexity index is 251. The molecule has 0 atom stereocenters. The largest absolute Gasteiger partial charge is 0.416 e. The molecule has 0 nitrogen and oxygen atoms in total. The van der Waals surface area contributed by atoms with Gasteiger partial charge in [-0.25, -0.2) is 0 Å². The quantitative estimate of drug-likeness (QED) is 0.572. The first-order valence-corrected chi connectivity index (χ1v) is 5.14. The molecule has 0 aliphatic rings. The molecule has 0 fully saturated rings. The summed E-state index contributed by atoms with van der Waals surface area (Å²) in [7, 11) is 0. The molecule has 0 aromatic heterocycles. The molecular formula is C12H19F3. The number of rotatable bonds is 0. The van der Waals surface area contributed by atoms with Gasteiger partial charge >= 0.3 is 6.18 Å². The van der Waals surface area contributed by atoms with Crippen molar-refractivity contribution in [2.75, 3.05) is 0 Å². The van der Waals surface area contributed by atoms with Crippen LogP contribution in [-0.4, -0.2) is 0 Å². The zero-order valence-corrected chi connectivity index (χ0v) is 9.94. The van der Waals surface area contributed by atoms with Crippen LogP contribution in [0.3, 0.4) is 0 Å². The normalized spacial score (nSPS) is 9.33. The lowest BCUT2D eigenvalue weighted by Gasteiger charge is -2.08. The number of aryl methyl sites for hydroxylation is 1. The van der Waals surface area contributed by atoms with Gasteiger partial charge in [0.15, 0.2) is 0 Å². The van der Waals surface area contributed by atoms with Gasteiger partial charge < -0.3 is 0 Å². The maximum Gasteiger partial charge on any atom is 0.416 e. The van der Waals surface area contributed by atoms with Gasteiger partial charge in [-0.2, -0.15) is 13.2 Å². The molecule has 0 saturated carbocycles. The van der Waals surface area contributed by atoms with Crippen LogP contribution >= 0.6 is 0 Å². The second-order valence-electron chi connectivity index (χ2n) is 2.31. The van der Waals surface area contributed by atoms with Crippen molar-refractivity contribution in [2.24, 2.45) is 0 Å². The molecule has 0 spiro atoms. The fraction of sp³-hybridized carbons (Fsp3) is 0.500. The van der Waals surface area contributed by atoms with E-state index in [-0.39, 0.29) is 5.56 Å². The van der Waals surface area contributed by atoms with E-state index in [0.29, 0.717) is 0 Å². The van der Waals surface area contributed by atoms with Crippen molar-refractivity contribution in [1.82, 2.24) is 0 Å². The molecule has 0 saturated heterocycles. The zero-order chi connectivity index (χ0) is 12.5. The van der Waals surface area contributed by atoms with Crippen LogP contribution in [0.5, 0.6) is 0 Å². The van der Waals surface area contributed by atoms with Crippen LogP contribution in [0.4, 0.5) is 13.2 Å². The van der Waals surface area contributed by atoms with Crippen LogP contribution in [0.1, 0.15) is 38.8 Å². The minimum absolute atomic E-state index is 0.264. The van der Waals surface area contributed by atoms with Crippen molar-refractivity contribution < 1.29 is 13.2 Å². The van der Waals surface area contributed by atoms with Crippen molar-refractivity contribution in [2.45, 2.75) is 40.8 Å². The van der Waals surface area contributed by atoms with E-state index in [4.69, 9.17) is 0 Å². The Kier molecular flexibility index (Phi) is 9.13. The molecule has 0 aliphatic heterocycles. The lowest BCUT2D eigenvalue weighted by Crippen LogP contribution is -2.06. The number of halogens is 3. The van der Waals surface area contributed by atoms with Crippen LogP contribution in [0, 0.1) is 6.92 Å². The highest BCUT2D eigenvalue weighted by atomic mass is 19.4. The minimum atomic E-state index is -4.22. The molecule has 3 heteroatoms. The lowest BCUT2D eigenvalue weighted by molar-refractivity contribution is -0.138. The third-order valence-corrected chi connectivity index (χ3v) is 1.45. The highest BCUT2D eigenvalue weighted by molar-refractivity contribution is 5.27. The minimum Gasteiger partial charge on any atom is -0.166 e. The van der Waals surface area contributed by atoms with E-state index in [1.165, 1.54) is 19.1 Å². The van der Waals surface area contributed by atoms with Crippen molar-refractivity contribution in [3.63, 3.8) is 0 Å². The van der Waals surface area contributed by atoms with Crippen LogP contribution in [0.25, 0.3) is 0 Å². The van der Waals surface area contributed by atoms with E-state index in [1.54, 1.807) is 6.07 Å². The summed E-state index contributed by atoms with van der Waals surface area (Å²) in [4.78, 5) is 0. The Morgan fingerprint density at radius 1 is 0.867 bits per heavy atom. The summed E-state index contributed by atoms with van der Waals surface area (Å²) < 4.78 is 36.1. The molecule has 0 heterocycles. The van der Waals surface area contributed by atoms with E-state index < -0.39 is 11.7 Å². The molecular weight excluding hydrogens is 201 g/mol. The van der Waals surface area contributed by atoms with Crippen LogP contribution in [0.15, 0.2) is 24.3 Å². The fourth-order valence-electron chi connectivity index (χ4n) is 0.891. The first kappa shape index (κ1) is 16.4. The van der Waals surface area contributed by atoms with E-state index in [0.717, 1.165) is 6.07 Å². The summed E-state index contributed by atoms with van der Waals surface area (Å²) in [6.07, 6.45) is -4.22. The van der Waals surface area contributed by atoms with Gasteiger partial charge in [0.1, 0.15) is 0 Å². The highest BCUT2D eigenvalue weighted by Crippen LogP contribution is 2.31. The van der Waals surface area contributed by atoms with Gasteiger partial charge in [-0.15, -0.1) is 0 Å². The predicted octanol–water partition coefficient (Wildman–Crippen LogP) is 5.07. The molecule has 1 rings (SSSR count). The summed E-state index contributed by atoms with van der Waals surface area (Å²) in [6.45, 7) is 9.45. The van der Waals surface area contributed by atoms with E-state index >= 15 is 0 Å². The number of alkyl halides is 3. The number of hydrogen-bond donors (Lipinski definition) is 0. The molecule has 0 bridgehead atoms. The third kappa shape index (κ3) is 6.15.